The fourth-order valence-electron chi connectivity index (χ4n) is 2.70. The van der Waals surface area contributed by atoms with Gasteiger partial charge in [0.15, 0.2) is 0 Å². The molecule has 0 spiro atoms. The number of carboxylic acids is 1. The predicted octanol–water partition coefficient (Wildman–Crippen LogP) is 1.94. The zero-order chi connectivity index (χ0) is 18.9. The van der Waals surface area contributed by atoms with Crippen molar-refractivity contribution in [3.63, 3.8) is 0 Å². The van der Waals surface area contributed by atoms with Gasteiger partial charge in [-0.15, -0.1) is 0 Å². The Morgan fingerprint density at radius 3 is 2.44 bits per heavy atom. The number of hydrogen-bond acceptors (Lipinski definition) is 5. The van der Waals surface area contributed by atoms with Crippen molar-refractivity contribution in [3.8, 4) is 5.75 Å². The summed E-state index contributed by atoms with van der Waals surface area (Å²) in [5, 5.41) is 19.8. The molecular weight excluding hydrogens is 349 g/mol. The number of benzene rings is 1. The van der Waals surface area contributed by atoms with Crippen molar-refractivity contribution in [1.82, 2.24) is 4.90 Å². The molecule has 0 bridgehead atoms. The molecule has 8 nitrogen and oxygen atoms in total. The number of amides is 1. The number of alkyl halides is 3. The van der Waals surface area contributed by atoms with Crippen molar-refractivity contribution in [3.05, 3.63) is 33.9 Å². The molecule has 0 aromatic heterocycles. The number of carbonyl (C=O) groups is 2. The summed E-state index contributed by atoms with van der Waals surface area (Å²) in [6, 6.07) is 3.12. The second-order valence-electron chi connectivity index (χ2n) is 5.44. The van der Waals surface area contributed by atoms with Crippen molar-refractivity contribution in [2.45, 2.75) is 6.18 Å². The molecule has 1 saturated heterocycles. The number of likely N-dealkylation sites (tertiary alicyclic amines) is 1. The molecule has 1 N–H and O–H groups in total. The average molecular weight is 362 g/mol. The second kappa shape index (κ2) is 6.57. The molecule has 0 saturated carbocycles. The van der Waals surface area contributed by atoms with Crippen LogP contribution in [-0.4, -0.2) is 53.2 Å². The number of nitrogens with zero attached hydrogens (tertiary/aromatic N) is 2. The molecule has 1 amide bonds. The molecule has 1 aliphatic rings. The lowest BCUT2D eigenvalue weighted by Gasteiger charge is -2.19. The van der Waals surface area contributed by atoms with E-state index in [1.807, 2.05) is 0 Å². The first kappa shape index (κ1) is 18.5. The van der Waals surface area contributed by atoms with E-state index in [2.05, 4.69) is 0 Å². The number of hydrogen-bond donors (Lipinski definition) is 1. The van der Waals surface area contributed by atoms with Crippen LogP contribution in [0, 0.1) is 22.0 Å². The topological polar surface area (TPSA) is 110 Å². The summed E-state index contributed by atoms with van der Waals surface area (Å²) in [6.07, 6.45) is -4.79. The molecule has 0 radical (unpaired) electrons. The monoisotopic (exact) mass is 362 g/mol. The number of halogens is 3. The number of aliphatic carboxylic acids is 1. The number of carbonyl (C=O) groups excluding carboxylic acids is 1. The largest absolute Gasteiger partial charge is 0.496 e. The molecule has 1 fully saturated rings. The van der Waals surface area contributed by atoms with Crippen LogP contribution in [-0.2, 0) is 4.79 Å². The van der Waals surface area contributed by atoms with Gasteiger partial charge in [-0.25, -0.2) is 0 Å². The van der Waals surface area contributed by atoms with Crippen LogP contribution in [0.4, 0.5) is 18.9 Å². The number of rotatable bonds is 4. The van der Waals surface area contributed by atoms with Gasteiger partial charge in [0.1, 0.15) is 5.75 Å². The molecule has 1 heterocycles. The van der Waals surface area contributed by atoms with Crippen molar-refractivity contribution >= 4 is 17.6 Å². The Balaban J connectivity index is 2.36. The van der Waals surface area contributed by atoms with Crippen LogP contribution >= 0.6 is 0 Å². The number of methoxy groups -OCH3 is 1. The van der Waals surface area contributed by atoms with Crippen LogP contribution < -0.4 is 4.74 Å². The van der Waals surface area contributed by atoms with E-state index in [-0.39, 0.29) is 11.3 Å². The van der Waals surface area contributed by atoms with E-state index >= 15 is 0 Å². The summed E-state index contributed by atoms with van der Waals surface area (Å²) in [5.74, 6) is -6.69. The van der Waals surface area contributed by atoms with E-state index in [4.69, 9.17) is 9.84 Å². The van der Waals surface area contributed by atoms with Crippen LogP contribution in [0.1, 0.15) is 10.4 Å². The molecule has 2 atom stereocenters. The number of nitro benzene ring substituents is 1. The Kier molecular flexibility index (Phi) is 4.86. The number of ether oxygens (including phenoxy) is 1. The maximum atomic E-state index is 13.0. The van der Waals surface area contributed by atoms with Crippen molar-refractivity contribution < 1.29 is 37.5 Å². The third kappa shape index (κ3) is 3.64. The van der Waals surface area contributed by atoms with E-state index < -0.39 is 53.6 Å². The van der Waals surface area contributed by atoms with Gasteiger partial charge in [0.25, 0.3) is 11.6 Å². The van der Waals surface area contributed by atoms with Crippen LogP contribution in [0.2, 0.25) is 0 Å². The molecule has 136 valence electrons. The quantitative estimate of drug-likeness (QED) is 0.647. The highest BCUT2D eigenvalue weighted by Crippen LogP contribution is 2.39. The Morgan fingerprint density at radius 2 is 2.00 bits per heavy atom. The minimum absolute atomic E-state index is 0.0575. The first-order valence-corrected chi connectivity index (χ1v) is 6.97. The predicted molar refractivity (Wildman–Crippen MR) is 76.2 cm³/mol. The Morgan fingerprint density at radius 1 is 1.36 bits per heavy atom. The van der Waals surface area contributed by atoms with Crippen LogP contribution in [0.25, 0.3) is 0 Å². The fourth-order valence-corrected chi connectivity index (χ4v) is 2.70. The SMILES string of the molecule is COc1ccc([N+](=O)[O-])cc1C(=O)N1C[C@@H](C(F)(F)F)[C@H](C(=O)O)C1. The Hall–Kier alpha value is -2.85. The molecule has 1 aromatic carbocycles. The van der Waals surface area contributed by atoms with Crippen molar-refractivity contribution in [2.75, 3.05) is 20.2 Å². The van der Waals surface area contributed by atoms with Gasteiger partial charge in [-0.1, -0.05) is 0 Å². The summed E-state index contributed by atoms with van der Waals surface area (Å²) < 4.78 is 44.0. The maximum absolute atomic E-state index is 13.0. The smallest absolute Gasteiger partial charge is 0.394 e. The first-order valence-electron chi connectivity index (χ1n) is 6.97. The number of nitro groups is 1. The van der Waals surface area contributed by atoms with Crippen LogP contribution in [0.5, 0.6) is 5.75 Å². The molecule has 0 unspecified atom stereocenters. The van der Waals surface area contributed by atoms with E-state index in [0.717, 1.165) is 23.1 Å². The Labute approximate surface area is 138 Å². The summed E-state index contributed by atoms with van der Waals surface area (Å²) in [5.41, 5.74) is -0.742. The van der Waals surface area contributed by atoms with Gasteiger partial charge >= 0.3 is 12.1 Å². The minimum atomic E-state index is -4.79. The van der Waals surface area contributed by atoms with Crippen LogP contribution in [0.15, 0.2) is 18.2 Å². The number of carboxylic acid groups (broad SMARTS) is 1. The lowest BCUT2D eigenvalue weighted by molar-refractivity contribution is -0.384. The zero-order valence-corrected chi connectivity index (χ0v) is 12.8. The van der Waals surface area contributed by atoms with E-state index in [9.17, 15) is 32.9 Å². The molecule has 1 aliphatic heterocycles. The van der Waals surface area contributed by atoms with E-state index in [0.29, 0.717) is 0 Å². The van der Waals surface area contributed by atoms with Crippen LogP contribution in [0.3, 0.4) is 0 Å². The minimum Gasteiger partial charge on any atom is -0.496 e. The van der Waals surface area contributed by atoms with Gasteiger partial charge < -0.3 is 14.7 Å². The van der Waals surface area contributed by atoms with Gasteiger partial charge in [-0.05, 0) is 6.07 Å². The van der Waals surface area contributed by atoms with Gasteiger partial charge in [0, 0.05) is 25.2 Å². The summed E-state index contributed by atoms with van der Waals surface area (Å²) in [6.45, 7) is -1.49. The van der Waals surface area contributed by atoms with Crippen molar-refractivity contribution in [2.24, 2.45) is 11.8 Å². The third-order valence-electron chi connectivity index (χ3n) is 3.97. The molecule has 1 aromatic rings. The maximum Gasteiger partial charge on any atom is 0.394 e. The van der Waals surface area contributed by atoms with Gasteiger partial charge in [-0.3, -0.25) is 19.7 Å². The van der Waals surface area contributed by atoms with E-state index in [1.54, 1.807) is 0 Å². The molecular formula is C14H13F3N2O6. The highest BCUT2D eigenvalue weighted by molar-refractivity contribution is 5.98. The van der Waals surface area contributed by atoms with Gasteiger partial charge in [0.05, 0.1) is 29.4 Å². The molecule has 11 heteroatoms. The second-order valence-corrected chi connectivity index (χ2v) is 5.44. The number of non-ortho nitro benzene ring substituents is 1. The lowest BCUT2D eigenvalue weighted by atomic mass is 9.96. The summed E-state index contributed by atoms with van der Waals surface area (Å²) >= 11 is 0. The molecule has 2 rings (SSSR count). The molecule has 0 aliphatic carbocycles. The average Bonchev–Trinajstić information content (AvgIpc) is 2.99. The van der Waals surface area contributed by atoms with Gasteiger partial charge in [-0.2, -0.15) is 13.2 Å². The summed E-state index contributed by atoms with van der Waals surface area (Å²) in [4.78, 5) is 34.4. The standard InChI is InChI=1S/C14H13F3N2O6/c1-25-11-3-2-7(19(23)24)4-8(11)12(20)18-5-9(13(21)22)10(6-18)14(15,16)17/h2-4,9-10H,5-6H2,1H3,(H,21,22)/t9-,10-/m1/s1. The third-order valence-corrected chi connectivity index (χ3v) is 3.97. The highest BCUT2D eigenvalue weighted by Gasteiger charge is 2.53. The molecule has 25 heavy (non-hydrogen) atoms. The first-order chi connectivity index (χ1) is 11.6. The summed E-state index contributed by atoms with van der Waals surface area (Å²) in [7, 11) is 1.19. The Bertz CT molecular complexity index is 721. The van der Waals surface area contributed by atoms with Crippen molar-refractivity contribution in [1.29, 1.82) is 0 Å². The fraction of sp³-hybridized carbons (Fsp3) is 0.429. The highest BCUT2D eigenvalue weighted by atomic mass is 19.4. The lowest BCUT2D eigenvalue weighted by Crippen LogP contribution is -2.34. The van der Waals surface area contributed by atoms with Gasteiger partial charge in [0.2, 0.25) is 0 Å². The van der Waals surface area contributed by atoms with E-state index in [1.165, 1.54) is 7.11 Å². The normalized spacial score (nSPS) is 20.4. The zero-order valence-electron chi connectivity index (χ0n) is 12.8.